The third-order valence-electron chi connectivity index (χ3n) is 0.896. The van der Waals surface area contributed by atoms with E-state index in [1.54, 1.807) is 0 Å². The maximum atomic E-state index is 10.0. The molecule has 0 rings (SSSR count). The molecule has 0 aliphatic carbocycles. The van der Waals surface area contributed by atoms with Gasteiger partial charge in [0.2, 0.25) is 0 Å². The van der Waals surface area contributed by atoms with Crippen LogP contribution in [-0.2, 0) is 9.59 Å². The molecule has 0 saturated heterocycles. The Morgan fingerprint density at radius 1 is 1.40 bits per heavy atom. The third kappa shape index (κ3) is 4.20. The Kier molecular flexibility index (Phi) is 3.87. The van der Waals surface area contributed by atoms with E-state index in [0.29, 0.717) is 0 Å². The Morgan fingerprint density at radius 2 is 1.90 bits per heavy atom. The monoisotopic (exact) mass is 163 g/mol. The summed E-state index contributed by atoms with van der Waals surface area (Å²) in [6, 6.07) is 0. The summed E-state index contributed by atoms with van der Waals surface area (Å²) in [5, 5.41) is 15.3. The van der Waals surface area contributed by atoms with E-state index in [0.717, 1.165) is 0 Å². The standard InChI is InChI=1S/C5H7O4S/c6-4(7)2-1-3(10)5(8)9/h3H,1-2H2,(H,6,7)(H,8,9). The molecular weight excluding hydrogens is 156 g/mol. The molecule has 1 atom stereocenters. The minimum atomic E-state index is -1.13. The summed E-state index contributed by atoms with van der Waals surface area (Å²) in [5.41, 5.74) is 0. The van der Waals surface area contributed by atoms with E-state index in [-0.39, 0.29) is 12.8 Å². The van der Waals surface area contributed by atoms with Crippen LogP contribution in [-0.4, -0.2) is 27.4 Å². The van der Waals surface area contributed by atoms with Gasteiger partial charge in [0.05, 0.1) is 0 Å². The normalized spacial score (nSPS) is 12.5. The molecular formula is C5H7O4S. The first-order valence-electron chi connectivity index (χ1n) is 2.64. The first-order valence-corrected chi connectivity index (χ1v) is 3.11. The largest absolute Gasteiger partial charge is 0.481 e. The number of rotatable bonds is 4. The molecule has 5 heteroatoms. The molecule has 1 unspecified atom stereocenters. The molecule has 0 fully saturated rings. The predicted molar refractivity (Wildman–Crippen MR) is 35.9 cm³/mol. The van der Waals surface area contributed by atoms with Gasteiger partial charge in [-0.1, -0.05) is 12.6 Å². The van der Waals surface area contributed by atoms with Crippen LogP contribution < -0.4 is 0 Å². The molecule has 57 valence electrons. The third-order valence-corrected chi connectivity index (χ3v) is 1.33. The molecule has 0 aromatic heterocycles. The smallest absolute Gasteiger partial charge is 0.317 e. The number of carboxylic acids is 2. The van der Waals surface area contributed by atoms with Crippen molar-refractivity contribution >= 4 is 24.6 Å². The second-order valence-electron chi connectivity index (χ2n) is 1.76. The van der Waals surface area contributed by atoms with Gasteiger partial charge in [0.1, 0.15) is 5.25 Å². The second kappa shape index (κ2) is 4.16. The van der Waals surface area contributed by atoms with Gasteiger partial charge in [-0.3, -0.25) is 9.59 Å². The topological polar surface area (TPSA) is 74.6 Å². The summed E-state index contributed by atoms with van der Waals surface area (Å²) in [6.45, 7) is 0. The van der Waals surface area contributed by atoms with Crippen molar-refractivity contribution < 1.29 is 19.8 Å². The molecule has 0 heterocycles. The molecule has 4 nitrogen and oxygen atoms in total. The van der Waals surface area contributed by atoms with Gasteiger partial charge in [-0.15, -0.1) is 0 Å². The molecule has 0 saturated carbocycles. The van der Waals surface area contributed by atoms with E-state index < -0.39 is 17.2 Å². The van der Waals surface area contributed by atoms with Gasteiger partial charge in [0.15, 0.2) is 0 Å². The van der Waals surface area contributed by atoms with Gasteiger partial charge in [-0.2, -0.15) is 0 Å². The maximum absolute atomic E-state index is 10.0. The van der Waals surface area contributed by atoms with Gasteiger partial charge in [-0.05, 0) is 6.42 Å². The fourth-order valence-corrected chi connectivity index (χ4v) is 0.496. The van der Waals surface area contributed by atoms with Gasteiger partial charge in [0, 0.05) is 6.42 Å². The van der Waals surface area contributed by atoms with Crippen molar-refractivity contribution in [1.82, 2.24) is 0 Å². The lowest BCUT2D eigenvalue weighted by Gasteiger charge is -1.99. The quantitative estimate of drug-likeness (QED) is 0.632. The minimum Gasteiger partial charge on any atom is -0.481 e. The molecule has 10 heavy (non-hydrogen) atoms. The lowest BCUT2D eigenvalue weighted by atomic mass is 10.2. The molecule has 0 aromatic rings. The van der Waals surface area contributed by atoms with Crippen LogP contribution in [0.4, 0.5) is 0 Å². The van der Waals surface area contributed by atoms with Gasteiger partial charge < -0.3 is 10.2 Å². The van der Waals surface area contributed by atoms with E-state index >= 15 is 0 Å². The zero-order valence-corrected chi connectivity index (χ0v) is 5.93. The lowest BCUT2D eigenvalue weighted by Crippen LogP contribution is -2.14. The highest BCUT2D eigenvalue weighted by atomic mass is 32.1. The van der Waals surface area contributed by atoms with Gasteiger partial charge in [0.25, 0.3) is 0 Å². The highest BCUT2D eigenvalue weighted by Gasteiger charge is 2.13. The molecule has 2 N–H and O–H groups in total. The molecule has 0 spiro atoms. The average molecular weight is 163 g/mol. The number of hydrogen-bond acceptors (Lipinski definition) is 2. The molecule has 0 bridgehead atoms. The molecule has 0 aromatic carbocycles. The maximum Gasteiger partial charge on any atom is 0.317 e. The van der Waals surface area contributed by atoms with Crippen LogP contribution in [0.25, 0.3) is 0 Å². The van der Waals surface area contributed by atoms with Gasteiger partial charge >= 0.3 is 11.9 Å². The summed E-state index contributed by atoms with van der Waals surface area (Å²) >= 11 is 4.42. The number of hydrogen-bond donors (Lipinski definition) is 2. The van der Waals surface area contributed by atoms with Crippen LogP contribution in [0.2, 0.25) is 0 Å². The number of carboxylic acid groups (broad SMARTS) is 2. The van der Waals surface area contributed by atoms with Gasteiger partial charge in [-0.25, -0.2) is 0 Å². The van der Waals surface area contributed by atoms with E-state index in [9.17, 15) is 9.59 Å². The van der Waals surface area contributed by atoms with Crippen molar-refractivity contribution in [3.05, 3.63) is 0 Å². The van der Waals surface area contributed by atoms with Crippen molar-refractivity contribution in [2.45, 2.75) is 18.1 Å². The second-order valence-corrected chi connectivity index (χ2v) is 2.33. The average Bonchev–Trinajstić information content (AvgIpc) is 1.82. The summed E-state index contributed by atoms with van der Waals surface area (Å²) in [4.78, 5) is 19.9. The first-order chi connectivity index (χ1) is 4.54. The van der Waals surface area contributed by atoms with Crippen LogP contribution in [0.5, 0.6) is 0 Å². The minimum absolute atomic E-state index is 0.0139. The summed E-state index contributed by atoms with van der Waals surface area (Å²) in [5.74, 6) is -2.15. The summed E-state index contributed by atoms with van der Waals surface area (Å²) < 4.78 is 0. The van der Waals surface area contributed by atoms with E-state index in [1.807, 2.05) is 0 Å². The molecule has 0 aliphatic rings. The van der Waals surface area contributed by atoms with Crippen molar-refractivity contribution in [1.29, 1.82) is 0 Å². The summed E-state index contributed by atoms with van der Waals surface area (Å²) in [7, 11) is 0. The fourth-order valence-electron chi connectivity index (χ4n) is 0.378. The zero-order chi connectivity index (χ0) is 8.15. The van der Waals surface area contributed by atoms with E-state index in [2.05, 4.69) is 12.6 Å². The zero-order valence-electron chi connectivity index (χ0n) is 5.11. The van der Waals surface area contributed by atoms with Crippen LogP contribution >= 0.6 is 12.6 Å². The van der Waals surface area contributed by atoms with Crippen LogP contribution in [0.15, 0.2) is 0 Å². The highest BCUT2D eigenvalue weighted by molar-refractivity contribution is 7.81. The number of carbonyl (C=O) groups is 2. The van der Waals surface area contributed by atoms with E-state index in [1.165, 1.54) is 0 Å². The van der Waals surface area contributed by atoms with Crippen LogP contribution in [0, 0.1) is 0 Å². The Morgan fingerprint density at radius 3 is 2.20 bits per heavy atom. The van der Waals surface area contributed by atoms with Crippen LogP contribution in [0.3, 0.4) is 0 Å². The fraction of sp³-hybridized carbons (Fsp3) is 0.600. The van der Waals surface area contributed by atoms with Crippen molar-refractivity contribution in [3.63, 3.8) is 0 Å². The number of aliphatic carboxylic acids is 2. The predicted octanol–water partition coefficient (Wildman–Crippen LogP) is 0.502. The Labute approximate surface area is 63.3 Å². The molecule has 1 radical (unpaired) electrons. The van der Waals surface area contributed by atoms with Crippen molar-refractivity contribution in [3.8, 4) is 0 Å². The van der Waals surface area contributed by atoms with Crippen LogP contribution in [0.1, 0.15) is 12.8 Å². The first kappa shape index (κ1) is 9.29. The Hall–Kier alpha value is -0.710. The van der Waals surface area contributed by atoms with E-state index in [4.69, 9.17) is 10.2 Å². The molecule has 0 amide bonds. The van der Waals surface area contributed by atoms with Crippen molar-refractivity contribution in [2.24, 2.45) is 0 Å². The summed E-state index contributed by atoms with van der Waals surface area (Å²) in [6.07, 6.45) is -0.166. The molecule has 0 aliphatic heterocycles. The SMILES string of the molecule is O=C(O)CCC([S])C(=O)O. The Bertz CT molecular complexity index is 145. The Balaban J connectivity index is 3.49. The highest BCUT2D eigenvalue weighted by Crippen LogP contribution is 2.03. The van der Waals surface area contributed by atoms with Crippen molar-refractivity contribution in [2.75, 3.05) is 0 Å². The lowest BCUT2D eigenvalue weighted by molar-refractivity contribution is -0.138.